The molecule has 0 aromatic carbocycles. The zero-order valence-electron chi connectivity index (χ0n) is 7.26. The molecule has 0 spiro atoms. The van der Waals surface area contributed by atoms with Crippen LogP contribution in [0.1, 0.15) is 25.8 Å². The SMILES string of the molecule is CCC.Cc1ccc(Cl)nc1. The minimum absolute atomic E-state index is 0.551. The molecule has 0 saturated heterocycles. The summed E-state index contributed by atoms with van der Waals surface area (Å²) in [5, 5.41) is 0.551. The van der Waals surface area contributed by atoms with Crippen LogP contribution in [0.5, 0.6) is 0 Å². The van der Waals surface area contributed by atoms with Crippen molar-refractivity contribution in [2.24, 2.45) is 0 Å². The van der Waals surface area contributed by atoms with Crippen molar-refractivity contribution >= 4 is 11.6 Å². The predicted octanol–water partition coefficient (Wildman–Crippen LogP) is 3.46. The molecule has 1 heterocycles. The van der Waals surface area contributed by atoms with Gasteiger partial charge in [-0.2, -0.15) is 0 Å². The van der Waals surface area contributed by atoms with E-state index in [-0.39, 0.29) is 0 Å². The summed E-state index contributed by atoms with van der Waals surface area (Å²) in [6.45, 7) is 6.23. The number of aryl methyl sites for hydroxylation is 1. The third kappa shape index (κ3) is 5.86. The largest absolute Gasteiger partial charge is 0.244 e. The highest BCUT2D eigenvalue weighted by molar-refractivity contribution is 6.29. The summed E-state index contributed by atoms with van der Waals surface area (Å²) in [6, 6.07) is 3.70. The van der Waals surface area contributed by atoms with Gasteiger partial charge in [-0.25, -0.2) is 4.98 Å². The molecule has 1 aromatic rings. The zero-order valence-corrected chi connectivity index (χ0v) is 8.02. The molecule has 11 heavy (non-hydrogen) atoms. The van der Waals surface area contributed by atoms with Crippen molar-refractivity contribution < 1.29 is 0 Å². The second kappa shape index (κ2) is 6.17. The minimum Gasteiger partial charge on any atom is -0.244 e. The van der Waals surface area contributed by atoms with Crippen molar-refractivity contribution in [2.45, 2.75) is 27.2 Å². The smallest absolute Gasteiger partial charge is 0.129 e. The summed E-state index contributed by atoms with van der Waals surface area (Å²) in [6.07, 6.45) is 2.99. The first-order valence-electron chi connectivity index (χ1n) is 3.78. The first-order chi connectivity index (χ1) is 5.20. The van der Waals surface area contributed by atoms with E-state index in [4.69, 9.17) is 11.6 Å². The van der Waals surface area contributed by atoms with Gasteiger partial charge < -0.3 is 0 Å². The topological polar surface area (TPSA) is 12.9 Å². The molecule has 1 aromatic heterocycles. The highest BCUT2D eigenvalue weighted by atomic mass is 35.5. The fourth-order valence-electron chi connectivity index (χ4n) is 0.450. The van der Waals surface area contributed by atoms with Crippen LogP contribution in [0.3, 0.4) is 0 Å². The molecule has 0 radical (unpaired) electrons. The Morgan fingerprint density at radius 1 is 1.36 bits per heavy atom. The summed E-state index contributed by atoms with van der Waals surface area (Å²) in [5.74, 6) is 0. The fourth-order valence-corrected chi connectivity index (χ4v) is 0.562. The Hall–Kier alpha value is -0.560. The van der Waals surface area contributed by atoms with Crippen molar-refractivity contribution in [3.63, 3.8) is 0 Å². The fraction of sp³-hybridized carbons (Fsp3) is 0.444. The number of nitrogens with zero attached hydrogens (tertiary/aromatic N) is 1. The van der Waals surface area contributed by atoms with Crippen LogP contribution >= 0.6 is 11.6 Å². The Labute approximate surface area is 73.4 Å². The molecule has 2 heteroatoms. The molecular weight excluding hydrogens is 158 g/mol. The van der Waals surface area contributed by atoms with Gasteiger partial charge in [0.25, 0.3) is 0 Å². The number of rotatable bonds is 0. The quantitative estimate of drug-likeness (QED) is 0.545. The maximum atomic E-state index is 5.50. The van der Waals surface area contributed by atoms with Gasteiger partial charge in [-0.3, -0.25) is 0 Å². The monoisotopic (exact) mass is 171 g/mol. The Morgan fingerprint density at radius 2 is 1.91 bits per heavy atom. The summed E-state index contributed by atoms with van der Waals surface area (Å²) < 4.78 is 0. The molecule has 0 aliphatic heterocycles. The Morgan fingerprint density at radius 3 is 2.18 bits per heavy atom. The molecule has 0 bridgehead atoms. The molecule has 0 aliphatic carbocycles. The van der Waals surface area contributed by atoms with Crippen molar-refractivity contribution in [3.05, 3.63) is 29.0 Å². The van der Waals surface area contributed by atoms with Gasteiger partial charge in [-0.05, 0) is 18.6 Å². The van der Waals surface area contributed by atoms with Crippen molar-refractivity contribution in [1.82, 2.24) is 4.98 Å². The van der Waals surface area contributed by atoms with Crippen LogP contribution in [0.15, 0.2) is 18.3 Å². The lowest BCUT2D eigenvalue weighted by Crippen LogP contribution is -1.73. The van der Waals surface area contributed by atoms with E-state index in [0.29, 0.717) is 5.15 Å². The van der Waals surface area contributed by atoms with E-state index in [0.717, 1.165) is 5.56 Å². The van der Waals surface area contributed by atoms with Crippen LogP contribution in [0.25, 0.3) is 0 Å². The summed E-state index contributed by atoms with van der Waals surface area (Å²) >= 11 is 5.50. The molecule has 0 fully saturated rings. The van der Waals surface area contributed by atoms with E-state index in [1.807, 2.05) is 13.0 Å². The van der Waals surface area contributed by atoms with Crippen molar-refractivity contribution in [1.29, 1.82) is 0 Å². The molecule has 1 nitrogen and oxygen atoms in total. The van der Waals surface area contributed by atoms with Crippen LogP contribution in [0, 0.1) is 6.92 Å². The number of aromatic nitrogens is 1. The standard InChI is InChI=1S/C6H6ClN.C3H8/c1-5-2-3-6(7)8-4-5;1-3-2/h2-4H,1H3;3H2,1-2H3. The molecular formula is C9H14ClN. The number of hydrogen-bond acceptors (Lipinski definition) is 1. The van der Waals surface area contributed by atoms with Gasteiger partial charge in [-0.15, -0.1) is 0 Å². The molecule has 0 atom stereocenters. The van der Waals surface area contributed by atoms with E-state index in [2.05, 4.69) is 18.8 Å². The van der Waals surface area contributed by atoms with E-state index in [1.165, 1.54) is 6.42 Å². The maximum absolute atomic E-state index is 5.50. The molecule has 0 saturated carbocycles. The van der Waals surface area contributed by atoms with Crippen LogP contribution in [-0.4, -0.2) is 4.98 Å². The lowest BCUT2D eigenvalue weighted by molar-refractivity contribution is 1.09. The number of halogens is 1. The molecule has 1 rings (SSSR count). The number of hydrogen-bond donors (Lipinski definition) is 0. The van der Waals surface area contributed by atoms with E-state index >= 15 is 0 Å². The second-order valence-corrected chi connectivity index (χ2v) is 2.75. The number of pyridine rings is 1. The molecule has 0 amide bonds. The molecule has 0 N–H and O–H groups in total. The van der Waals surface area contributed by atoms with Gasteiger partial charge >= 0.3 is 0 Å². The first kappa shape index (κ1) is 10.4. The predicted molar refractivity (Wildman–Crippen MR) is 49.9 cm³/mol. The minimum atomic E-state index is 0.551. The molecule has 0 aliphatic rings. The van der Waals surface area contributed by atoms with Crippen LogP contribution in [-0.2, 0) is 0 Å². The van der Waals surface area contributed by atoms with Crippen LogP contribution in [0.4, 0.5) is 0 Å². The molecule has 62 valence electrons. The normalized spacial score (nSPS) is 8.36. The molecule has 0 unspecified atom stereocenters. The van der Waals surface area contributed by atoms with Gasteiger partial charge in [0.2, 0.25) is 0 Å². The van der Waals surface area contributed by atoms with Crippen molar-refractivity contribution in [2.75, 3.05) is 0 Å². The van der Waals surface area contributed by atoms with Gasteiger partial charge in [0.1, 0.15) is 5.15 Å². The van der Waals surface area contributed by atoms with Gasteiger partial charge in [0.15, 0.2) is 0 Å². The Kier molecular flexibility index (Phi) is 5.86. The Bertz CT molecular complexity index is 160. The van der Waals surface area contributed by atoms with E-state index in [9.17, 15) is 0 Å². The van der Waals surface area contributed by atoms with Crippen LogP contribution < -0.4 is 0 Å². The van der Waals surface area contributed by atoms with Crippen LogP contribution in [0.2, 0.25) is 5.15 Å². The third-order valence-corrected chi connectivity index (χ3v) is 1.10. The Balaban J connectivity index is 0.000000292. The summed E-state index contributed by atoms with van der Waals surface area (Å²) in [7, 11) is 0. The summed E-state index contributed by atoms with van der Waals surface area (Å²) in [4.78, 5) is 3.84. The van der Waals surface area contributed by atoms with Gasteiger partial charge in [0.05, 0.1) is 0 Å². The third-order valence-electron chi connectivity index (χ3n) is 0.875. The van der Waals surface area contributed by atoms with Gasteiger partial charge in [-0.1, -0.05) is 37.9 Å². The maximum Gasteiger partial charge on any atom is 0.129 e. The second-order valence-electron chi connectivity index (χ2n) is 2.37. The highest BCUT2D eigenvalue weighted by Crippen LogP contribution is 2.02. The van der Waals surface area contributed by atoms with E-state index < -0.39 is 0 Å². The lowest BCUT2D eigenvalue weighted by Gasteiger charge is -1.87. The average Bonchev–Trinajstić information content (AvgIpc) is 1.97. The summed E-state index contributed by atoms with van der Waals surface area (Å²) in [5.41, 5.74) is 1.13. The zero-order chi connectivity index (χ0) is 8.69. The lowest BCUT2D eigenvalue weighted by atomic mass is 10.3. The average molecular weight is 172 g/mol. The van der Waals surface area contributed by atoms with Crippen molar-refractivity contribution in [3.8, 4) is 0 Å². The van der Waals surface area contributed by atoms with E-state index in [1.54, 1.807) is 12.3 Å². The van der Waals surface area contributed by atoms with Gasteiger partial charge in [0, 0.05) is 6.20 Å². The first-order valence-corrected chi connectivity index (χ1v) is 4.16. The highest BCUT2D eigenvalue weighted by Gasteiger charge is 1.83.